The molecule has 0 amide bonds. The summed E-state index contributed by atoms with van der Waals surface area (Å²) in [7, 11) is 0. The Morgan fingerprint density at radius 2 is 1.85 bits per heavy atom. The highest BCUT2D eigenvalue weighted by Crippen LogP contribution is 2.26. The topological polar surface area (TPSA) is 56.5 Å². The molecule has 0 saturated carbocycles. The van der Waals surface area contributed by atoms with Gasteiger partial charge in [-0.15, -0.1) is 0 Å². The van der Waals surface area contributed by atoms with Crippen LogP contribution in [-0.2, 0) is 13.0 Å². The molecule has 4 aromatic rings. The average molecular weight is 474 g/mol. The lowest BCUT2D eigenvalue weighted by Crippen LogP contribution is -2.07. The van der Waals surface area contributed by atoms with Crippen LogP contribution in [0.1, 0.15) is 39.2 Å². The van der Waals surface area contributed by atoms with Gasteiger partial charge in [-0.2, -0.15) is 5.10 Å². The zero-order chi connectivity index (χ0) is 23.7. The number of carbonyl (C=O) groups is 1. The first-order chi connectivity index (χ1) is 15.7. The third-order valence-electron chi connectivity index (χ3n) is 5.23. The minimum Gasteiger partial charge on any atom is -0.473 e. The van der Waals surface area contributed by atoms with E-state index in [0.29, 0.717) is 34.4 Å². The van der Waals surface area contributed by atoms with Gasteiger partial charge < -0.3 is 4.74 Å². The van der Waals surface area contributed by atoms with E-state index in [2.05, 4.69) is 10.1 Å². The predicted octanol–water partition coefficient (Wildman–Crippen LogP) is 5.81. The number of ketones is 1. The van der Waals surface area contributed by atoms with E-state index in [1.54, 1.807) is 38.2 Å². The Hall–Kier alpha value is -3.39. The zero-order valence-electron chi connectivity index (χ0n) is 17.8. The van der Waals surface area contributed by atoms with Crippen molar-refractivity contribution >= 4 is 22.9 Å². The number of ether oxygens (including phenoxy) is 1. The van der Waals surface area contributed by atoms with Crippen molar-refractivity contribution < 1.29 is 22.7 Å². The van der Waals surface area contributed by atoms with Gasteiger partial charge in [-0.3, -0.25) is 4.79 Å². The number of fused-ring (bicyclic) bond motifs is 1. The van der Waals surface area contributed by atoms with Crippen molar-refractivity contribution in [2.24, 2.45) is 0 Å². The number of hydrogen-bond acceptors (Lipinski definition) is 4. The summed E-state index contributed by atoms with van der Waals surface area (Å²) in [4.78, 5) is 17.0. The van der Waals surface area contributed by atoms with Crippen molar-refractivity contribution in [3.05, 3.63) is 93.1 Å². The Balaban J connectivity index is 1.61. The van der Waals surface area contributed by atoms with Crippen LogP contribution in [0, 0.1) is 31.3 Å². The van der Waals surface area contributed by atoms with Gasteiger partial charge in [0.05, 0.1) is 22.3 Å². The Labute approximate surface area is 192 Å². The molecular formula is C24H19ClF3N3O2. The third-order valence-corrected chi connectivity index (χ3v) is 5.46. The normalized spacial score (nSPS) is 11.2. The molecule has 33 heavy (non-hydrogen) atoms. The van der Waals surface area contributed by atoms with Crippen LogP contribution in [0.3, 0.4) is 0 Å². The van der Waals surface area contributed by atoms with Crippen molar-refractivity contribution in [3.8, 4) is 5.88 Å². The monoisotopic (exact) mass is 473 g/mol. The molecule has 0 aliphatic rings. The number of carbonyl (C=O) groups excluding carboxylic acids is 1. The van der Waals surface area contributed by atoms with Gasteiger partial charge in [0.25, 0.3) is 0 Å². The second-order valence-corrected chi connectivity index (χ2v) is 8.04. The minimum absolute atomic E-state index is 0.115. The molecule has 0 aliphatic heterocycles. The SMILES string of the molecule is Cc1cc(OCc2c(F)ccc(F)c2F)n2nc(C)c(C(=O)CCc3ccc(Cl)nc3)c2c1. The molecule has 3 heterocycles. The van der Waals surface area contributed by atoms with Crippen molar-refractivity contribution in [3.63, 3.8) is 0 Å². The Kier molecular flexibility index (Phi) is 6.37. The van der Waals surface area contributed by atoms with Gasteiger partial charge in [0, 0.05) is 18.7 Å². The summed E-state index contributed by atoms with van der Waals surface area (Å²) < 4.78 is 48.5. The van der Waals surface area contributed by atoms with Crippen molar-refractivity contribution in [1.29, 1.82) is 0 Å². The van der Waals surface area contributed by atoms with E-state index in [9.17, 15) is 18.0 Å². The Morgan fingerprint density at radius 1 is 1.09 bits per heavy atom. The van der Waals surface area contributed by atoms with Gasteiger partial charge >= 0.3 is 0 Å². The van der Waals surface area contributed by atoms with Crippen LogP contribution < -0.4 is 4.74 Å². The second-order valence-electron chi connectivity index (χ2n) is 7.65. The highest BCUT2D eigenvalue weighted by atomic mass is 35.5. The molecule has 1 aromatic carbocycles. The highest BCUT2D eigenvalue weighted by Gasteiger charge is 2.21. The number of aryl methyl sites for hydroxylation is 3. The first kappa shape index (κ1) is 22.8. The molecule has 0 bridgehead atoms. The molecule has 9 heteroatoms. The molecule has 0 unspecified atom stereocenters. The fourth-order valence-electron chi connectivity index (χ4n) is 3.59. The van der Waals surface area contributed by atoms with Gasteiger partial charge in [-0.1, -0.05) is 17.7 Å². The minimum atomic E-state index is -1.30. The zero-order valence-corrected chi connectivity index (χ0v) is 18.6. The largest absolute Gasteiger partial charge is 0.473 e. The summed E-state index contributed by atoms with van der Waals surface area (Å²) in [6.45, 7) is 2.96. The molecule has 0 aliphatic carbocycles. The quantitative estimate of drug-likeness (QED) is 0.193. The van der Waals surface area contributed by atoms with E-state index in [4.69, 9.17) is 16.3 Å². The van der Waals surface area contributed by atoms with Crippen LogP contribution in [0.25, 0.3) is 5.52 Å². The standard InChI is InChI=1S/C24H19ClF3N3O2/c1-13-9-19-23(20(32)7-3-15-4-8-21(25)29-11-15)14(2)30-31(19)22(10-13)33-12-16-17(26)5-6-18(27)24(16)28/h4-6,8-11H,3,7,12H2,1-2H3. The molecule has 4 rings (SSSR count). The summed E-state index contributed by atoms with van der Waals surface area (Å²) in [5.41, 5.74) is 2.56. The number of Topliss-reactive ketones (excluding diaryl/α,β-unsaturated/α-hetero) is 1. The number of pyridine rings is 2. The molecule has 0 radical (unpaired) electrons. The van der Waals surface area contributed by atoms with Gasteiger partial charge in [0.2, 0.25) is 5.88 Å². The lowest BCUT2D eigenvalue weighted by atomic mass is 10.0. The van der Waals surface area contributed by atoms with Crippen LogP contribution in [0.2, 0.25) is 5.15 Å². The number of aromatic nitrogens is 3. The maximum atomic E-state index is 14.0. The van der Waals surface area contributed by atoms with Gasteiger partial charge in [-0.05, 0) is 55.7 Å². The molecule has 170 valence electrons. The van der Waals surface area contributed by atoms with E-state index in [-0.39, 0.29) is 18.1 Å². The number of hydrogen-bond donors (Lipinski definition) is 0. The van der Waals surface area contributed by atoms with E-state index < -0.39 is 29.6 Å². The lowest BCUT2D eigenvalue weighted by Gasteiger charge is -2.11. The molecule has 0 atom stereocenters. The number of benzene rings is 1. The van der Waals surface area contributed by atoms with Crippen molar-refractivity contribution in [2.75, 3.05) is 0 Å². The van der Waals surface area contributed by atoms with Crippen LogP contribution in [-0.4, -0.2) is 20.4 Å². The summed E-state index contributed by atoms with van der Waals surface area (Å²) >= 11 is 5.80. The van der Waals surface area contributed by atoms with E-state index in [0.717, 1.165) is 17.2 Å². The van der Waals surface area contributed by atoms with Crippen LogP contribution in [0.4, 0.5) is 13.2 Å². The molecule has 3 aromatic heterocycles. The third kappa shape index (κ3) is 4.71. The van der Waals surface area contributed by atoms with E-state index >= 15 is 0 Å². The van der Waals surface area contributed by atoms with Gasteiger partial charge in [0.1, 0.15) is 17.6 Å². The predicted molar refractivity (Wildman–Crippen MR) is 117 cm³/mol. The van der Waals surface area contributed by atoms with Crippen LogP contribution >= 0.6 is 11.6 Å². The van der Waals surface area contributed by atoms with Crippen LogP contribution in [0.15, 0.2) is 42.6 Å². The molecule has 0 spiro atoms. The van der Waals surface area contributed by atoms with Crippen LogP contribution in [0.5, 0.6) is 5.88 Å². The van der Waals surface area contributed by atoms with Gasteiger partial charge in [0.15, 0.2) is 17.4 Å². The van der Waals surface area contributed by atoms with E-state index in [1.807, 2.05) is 6.07 Å². The molecular weight excluding hydrogens is 455 g/mol. The summed E-state index contributed by atoms with van der Waals surface area (Å²) in [5.74, 6) is -3.32. The molecule has 5 nitrogen and oxygen atoms in total. The second kappa shape index (κ2) is 9.23. The first-order valence-corrected chi connectivity index (χ1v) is 10.5. The fourth-order valence-corrected chi connectivity index (χ4v) is 3.70. The molecule has 0 saturated heterocycles. The first-order valence-electron chi connectivity index (χ1n) is 10.1. The van der Waals surface area contributed by atoms with E-state index in [1.165, 1.54) is 4.52 Å². The Morgan fingerprint density at radius 3 is 2.58 bits per heavy atom. The maximum Gasteiger partial charge on any atom is 0.215 e. The maximum absolute atomic E-state index is 14.0. The smallest absolute Gasteiger partial charge is 0.215 e. The van der Waals surface area contributed by atoms with Crippen molar-refractivity contribution in [2.45, 2.75) is 33.3 Å². The van der Waals surface area contributed by atoms with Crippen molar-refractivity contribution in [1.82, 2.24) is 14.6 Å². The summed E-state index contributed by atoms with van der Waals surface area (Å²) in [6, 6.07) is 8.45. The summed E-state index contributed by atoms with van der Waals surface area (Å²) in [5, 5.41) is 4.78. The number of nitrogens with zero attached hydrogens (tertiary/aromatic N) is 3. The molecule has 0 fully saturated rings. The average Bonchev–Trinajstić information content (AvgIpc) is 3.11. The number of rotatable bonds is 7. The fraction of sp³-hybridized carbons (Fsp3) is 0.208. The lowest BCUT2D eigenvalue weighted by molar-refractivity contribution is 0.0984. The molecule has 0 N–H and O–H groups in total. The Bertz CT molecular complexity index is 1350. The highest BCUT2D eigenvalue weighted by molar-refractivity contribution is 6.29. The van der Waals surface area contributed by atoms with Gasteiger partial charge in [-0.25, -0.2) is 22.7 Å². The number of halogens is 4. The summed E-state index contributed by atoms with van der Waals surface area (Å²) in [6.07, 6.45) is 2.34.